The Labute approximate surface area is 151 Å². The second-order valence-corrected chi connectivity index (χ2v) is 9.12. The summed E-state index contributed by atoms with van der Waals surface area (Å²) in [6.07, 6.45) is -0.869. The van der Waals surface area contributed by atoms with E-state index in [1.54, 1.807) is 18.2 Å². The monoisotopic (exact) mass is 385 g/mol. The SMILES string of the molecule is CN(C)S(=O)(=O)C[C@@H]1CN(C(=O)c2cc3c(Cl)cccc3[nH]2)C[C@@H]1O. The number of nitrogens with zero attached hydrogens (tertiary/aromatic N) is 2. The molecule has 1 aliphatic rings. The number of rotatable bonds is 4. The Morgan fingerprint density at radius 3 is 2.76 bits per heavy atom. The van der Waals surface area contributed by atoms with E-state index in [9.17, 15) is 18.3 Å². The molecule has 2 aromatic rings. The molecule has 2 atom stereocenters. The largest absolute Gasteiger partial charge is 0.391 e. The smallest absolute Gasteiger partial charge is 0.270 e. The third kappa shape index (κ3) is 3.52. The lowest BCUT2D eigenvalue weighted by Crippen LogP contribution is -2.33. The van der Waals surface area contributed by atoms with E-state index in [4.69, 9.17) is 11.6 Å². The molecule has 1 fully saturated rings. The van der Waals surface area contributed by atoms with Crippen LogP contribution < -0.4 is 0 Å². The second kappa shape index (κ2) is 6.60. The number of halogens is 1. The van der Waals surface area contributed by atoms with E-state index in [0.717, 1.165) is 15.2 Å². The van der Waals surface area contributed by atoms with Gasteiger partial charge in [0.15, 0.2) is 0 Å². The first kappa shape index (κ1) is 18.2. The first-order chi connectivity index (χ1) is 11.7. The van der Waals surface area contributed by atoms with Crippen LogP contribution in [0.4, 0.5) is 0 Å². The average molecular weight is 386 g/mol. The summed E-state index contributed by atoms with van der Waals surface area (Å²) in [7, 11) is -0.540. The molecule has 0 aliphatic carbocycles. The quantitative estimate of drug-likeness (QED) is 0.825. The molecular weight excluding hydrogens is 366 g/mol. The lowest BCUT2D eigenvalue weighted by Gasteiger charge is -2.17. The molecule has 7 nitrogen and oxygen atoms in total. The van der Waals surface area contributed by atoms with Gasteiger partial charge in [0, 0.05) is 49.0 Å². The third-order valence-electron chi connectivity index (χ3n) is 4.52. The van der Waals surface area contributed by atoms with E-state index >= 15 is 0 Å². The minimum Gasteiger partial charge on any atom is -0.391 e. The van der Waals surface area contributed by atoms with Gasteiger partial charge in [-0.2, -0.15) is 0 Å². The molecular formula is C16H20ClN3O4S. The number of nitrogens with one attached hydrogen (secondary N) is 1. The molecule has 1 aliphatic heterocycles. The summed E-state index contributed by atoms with van der Waals surface area (Å²) in [6.45, 7) is 0.297. The van der Waals surface area contributed by atoms with Crippen molar-refractivity contribution in [1.82, 2.24) is 14.2 Å². The zero-order valence-corrected chi connectivity index (χ0v) is 15.5. The number of aliphatic hydroxyl groups excluding tert-OH is 1. The Hall–Kier alpha value is -1.61. The zero-order chi connectivity index (χ0) is 18.4. The van der Waals surface area contributed by atoms with Crippen LogP contribution in [0.1, 0.15) is 10.5 Å². The molecule has 1 aromatic carbocycles. The molecule has 0 radical (unpaired) electrons. The van der Waals surface area contributed by atoms with Crippen molar-refractivity contribution < 1.29 is 18.3 Å². The number of carbonyl (C=O) groups excluding carboxylic acids is 1. The number of aliphatic hydroxyl groups is 1. The van der Waals surface area contributed by atoms with Crippen molar-refractivity contribution in [3.05, 3.63) is 35.0 Å². The standard InChI is InChI=1S/C16H20ClN3O4S/c1-19(2)25(23,24)9-10-7-20(8-15(10)21)16(22)14-6-11-12(17)4-3-5-13(11)18-14/h3-6,10,15,18,21H,7-9H2,1-2H3/t10-,15-/m0/s1. The molecule has 25 heavy (non-hydrogen) atoms. The molecule has 0 unspecified atom stereocenters. The molecule has 0 spiro atoms. The Bertz CT molecular complexity index is 909. The first-order valence-corrected chi connectivity index (χ1v) is 9.82. The molecule has 9 heteroatoms. The van der Waals surface area contributed by atoms with Gasteiger partial charge in [-0.15, -0.1) is 0 Å². The Morgan fingerprint density at radius 2 is 2.12 bits per heavy atom. The van der Waals surface area contributed by atoms with E-state index in [2.05, 4.69) is 4.98 Å². The van der Waals surface area contributed by atoms with Crippen LogP contribution in [-0.4, -0.2) is 72.7 Å². The summed E-state index contributed by atoms with van der Waals surface area (Å²) in [4.78, 5) is 17.2. The highest BCUT2D eigenvalue weighted by Crippen LogP contribution is 2.26. The predicted octanol–water partition coefficient (Wildman–Crippen LogP) is 1.15. The van der Waals surface area contributed by atoms with Crippen LogP contribution in [0.5, 0.6) is 0 Å². The van der Waals surface area contributed by atoms with Crippen LogP contribution in [0.25, 0.3) is 10.9 Å². The van der Waals surface area contributed by atoms with Crippen molar-refractivity contribution in [2.45, 2.75) is 6.10 Å². The maximum absolute atomic E-state index is 12.7. The highest BCUT2D eigenvalue weighted by molar-refractivity contribution is 7.89. The van der Waals surface area contributed by atoms with Gasteiger partial charge in [-0.3, -0.25) is 4.79 Å². The fourth-order valence-corrected chi connectivity index (χ4v) is 4.40. The minimum absolute atomic E-state index is 0.107. The van der Waals surface area contributed by atoms with Gasteiger partial charge in [-0.1, -0.05) is 17.7 Å². The fraction of sp³-hybridized carbons (Fsp3) is 0.438. The molecule has 1 amide bonds. The number of amides is 1. The van der Waals surface area contributed by atoms with Crippen LogP contribution >= 0.6 is 11.6 Å². The molecule has 1 aromatic heterocycles. The Morgan fingerprint density at radius 1 is 1.40 bits per heavy atom. The summed E-state index contributed by atoms with van der Waals surface area (Å²) >= 11 is 6.13. The summed E-state index contributed by atoms with van der Waals surface area (Å²) in [5, 5.41) is 11.5. The van der Waals surface area contributed by atoms with Gasteiger partial charge in [-0.05, 0) is 18.2 Å². The van der Waals surface area contributed by atoms with Gasteiger partial charge in [0.25, 0.3) is 5.91 Å². The molecule has 3 rings (SSSR count). The van der Waals surface area contributed by atoms with Crippen LogP contribution in [-0.2, 0) is 10.0 Å². The first-order valence-electron chi connectivity index (χ1n) is 7.84. The number of sulfonamides is 1. The minimum atomic E-state index is -3.44. The normalized spacial score (nSPS) is 21.4. The van der Waals surface area contributed by atoms with Crippen molar-refractivity contribution in [1.29, 1.82) is 0 Å². The van der Waals surface area contributed by atoms with Crippen LogP contribution in [0.15, 0.2) is 24.3 Å². The number of hydrogen-bond donors (Lipinski definition) is 2. The van der Waals surface area contributed by atoms with Crippen molar-refractivity contribution in [2.75, 3.05) is 32.9 Å². The lowest BCUT2D eigenvalue weighted by atomic mass is 10.1. The molecule has 2 N–H and O–H groups in total. The number of fused-ring (bicyclic) bond motifs is 1. The Balaban J connectivity index is 1.78. The fourth-order valence-electron chi connectivity index (χ4n) is 3.01. The predicted molar refractivity (Wildman–Crippen MR) is 96.2 cm³/mol. The molecule has 2 heterocycles. The number of benzene rings is 1. The topological polar surface area (TPSA) is 93.7 Å². The highest BCUT2D eigenvalue weighted by atomic mass is 35.5. The van der Waals surface area contributed by atoms with Crippen LogP contribution in [0.3, 0.4) is 0 Å². The number of β-amino-alcohol motifs (C(OH)–C–C–N with tert-alkyl or cyclic N) is 1. The molecule has 0 saturated carbocycles. The summed E-state index contributed by atoms with van der Waals surface area (Å²) < 4.78 is 25.2. The number of likely N-dealkylation sites (tertiary alicyclic amines) is 1. The number of aromatic amines is 1. The van der Waals surface area contributed by atoms with E-state index in [-0.39, 0.29) is 24.7 Å². The third-order valence-corrected chi connectivity index (χ3v) is 6.81. The zero-order valence-electron chi connectivity index (χ0n) is 13.9. The van der Waals surface area contributed by atoms with Crippen molar-refractivity contribution in [3.8, 4) is 0 Å². The Kier molecular flexibility index (Phi) is 4.80. The molecule has 1 saturated heterocycles. The highest BCUT2D eigenvalue weighted by Gasteiger charge is 2.38. The maximum atomic E-state index is 12.7. The van der Waals surface area contributed by atoms with Gasteiger partial charge in [0.05, 0.1) is 11.9 Å². The van der Waals surface area contributed by atoms with Crippen molar-refractivity contribution in [2.24, 2.45) is 5.92 Å². The number of hydrogen-bond acceptors (Lipinski definition) is 4. The number of carbonyl (C=O) groups is 1. The van der Waals surface area contributed by atoms with Crippen molar-refractivity contribution >= 4 is 38.4 Å². The van der Waals surface area contributed by atoms with Crippen LogP contribution in [0, 0.1) is 5.92 Å². The summed E-state index contributed by atoms with van der Waals surface area (Å²) in [6, 6.07) is 7.03. The molecule has 136 valence electrons. The summed E-state index contributed by atoms with van der Waals surface area (Å²) in [5.74, 6) is -0.982. The van der Waals surface area contributed by atoms with E-state index < -0.39 is 22.0 Å². The number of H-pyrrole nitrogens is 1. The lowest BCUT2D eigenvalue weighted by molar-refractivity contribution is 0.0760. The van der Waals surface area contributed by atoms with Crippen molar-refractivity contribution in [3.63, 3.8) is 0 Å². The van der Waals surface area contributed by atoms with Gasteiger partial charge >= 0.3 is 0 Å². The van der Waals surface area contributed by atoms with Gasteiger partial charge < -0.3 is 15.0 Å². The molecule has 0 bridgehead atoms. The van der Waals surface area contributed by atoms with Gasteiger partial charge in [0.1, 0.15) is 5.69 Å². The van der Waals surface area contributed by atoms with Gasteiger partial charge in [-0.25, -0.2) is 12.7 Å². The van der Waals surface area contributed by atoms with E-state index in [0.29, 0.717) is 10.7 Å². The van der Waals surface area contributed by atoms with Crippen LogP contribution in [0.2, 0.25) is 5.02 Å². The average Bonchev–Trinajstić information content (AvgIpc) is 3.11. The second-order valence-electron chi connectivity index (χ2n) is 6.48. The number of aromatic nitrogens is 1. The van der Waals surface area contributed by atoms with E-state index in [1.165, 1.54) is 19.0 Å². The maximum Gasteiger partial charge on any atom is 0.270 e. The van der Waals surface area contributed by atoms with E-state index in [1.807, 2.05) is 6.07 Å². The van der Waals surface area contributed by atoms with Gasteiger partial charge in [0.2, 0.25) is 10.0 Å². The summed E-state index contributed by atoms with van der Waals surface area (Å²) in [5.41, 5.74) is 1.12.